The molecule has 0 aliphatic heterocycles. The van der Waals surface area contributed by atoms with Gasteiger partial charge in [-0.25, -0.2) is 0 Å². The van der Waals surface area contributed by atoms with Gasteiger partial charge in [-0.15, -0.1) is 29.8 Å². The Bertz CT molecular complexity index is 2480. The Balaban J connectivity index is 0.00000289. The molecule has 0 amide bonds. The minimum absolute atomic E-state index is 0. The zero-order chi connectivity index (χ0) is 28.3. The molecule has 0 aliphatic rings. The van der Waals surface area contributed by atoms with Crippen LogP contribution in [0, 0.1) is 12.1 Å². The minimum Gasteiger partial charge on any atom is -0.497 e. The van der Waals surface area contributed by atoms with Crippen LogP contribution in [0.25, 0.3) is 66.1 Å². The third kappa shape index (κ3) is 4.05. The second kappa shape index (κ2) is 10.5. The zero-order valence-corrected chi connectivity index (χ0v) is 25.5. The fraction of sp³-hybridized carbons (Fsp3) is 0. The maximum absolute atomic E-state index is 6.29. The Morgan fingerprint density at radius 1 is 0.591 bits per heavy atom. The van der Waals surface area contributed by atoms with Crippen LogP contribution in [0.5, 0.6) is 11.5 Å². The number of fused-ring (bicyclic) bond motifs is 10. The van der Waals surface area contributed by atoms with Crippen molar-refractivity contribution in [3.8, 4) is 28.4 Å². The first-order valence-corrected chi connectivity index (χ1v) is 14.2. The van der Waals surface area contributed by atoms with E-state index in [1.54, 1.807) is 6.20 Å². The molecule has 0 fully saturated rings. The van der Waals surface area contributed by atoms with Gasteiger partial charge in [-0.1, -0.05) is 83.6 Å². The number of rotatable bonds is 4. The fourth-order valence-corrected chi connectivity index (χ4v) is 6.27. The molecule has 0 saturated carbocycles. The SMILES string of the molecule is [Pt+2].[c-]1c(Oc2[c-]c3c(cc2)c2ccc4c(c5ccccc5n4-c4ccccc4)c2n2ccnc32)cccc1-c1ccccn1. The van der Waals surface area contributed by atoms with Crippen LogP contribution in [0.2, 0.25) is 0 Å². The predicted octanol–water partition coefficient (Wildman–Crippen LogP) is 9.19. The van der Waals surface area contributed by atoms with Crippen molar-refractivity contribution in [2.24, 2.45) is 0 Å². The van der Waals surface area contributed by atoms with E-state index in [1.807, 2.05) is 54.9 Å². The summed E-state index contributed by atoms with van der Waals surface area (Å²) in [6.45, 7) is 0. The van der Waals surface area contributed by atoms with Crippen molar-refractivity contribution in [3.63, 3.8) is 0 Å². The summed E-state index contributed by atoms with van der Waals surface area (Å²) in [6, 6.07) is 46.2. The molecule has 0 bridgehead atoms. The van der Waals surface area contributed by atoms with E-state index in [4.69, 9.17) is 9.72 Å². The van der Waals surface area contributed by atoms with Crippen LogP contribution >= 0.6 is 0 Å². The van der Waals surface area contributed by atoms with Crippen LogP contribution in [0.1, 0.15) is 0 Å². The van der Waals surface area contributed by atoms with Crippen LogP contribution < -0.4 is 4.74 Å². The Kier molecular flexibility index (Phi) is 6.28. The molecule has 210 valence electrons. The van der Waals surface area contributed by atoms with Gasteiger partial charge < -0.3 is 18.7 Å². The Morgan fingerprint density at radius 2 is 1.41 bits per heavy atom. The molecule has 5 nitrogen and oxygen atoms in total. The van der Waals surface area contributed by atoms with Gasteiger partial charge in [0.25, 0.3) is 0 Å². The molecule has 0 atom stereocenters. The first-order valence-electron chi connectivity index (χ1n) is 14.2. The number of imidazole rings is 1. The summed E-state index contributed by atoms with van der Waals surface area (Å²) in [7, 11) is 0. The summed E-state index contributed by atoms with van der Waals surface area (Å²) >= 11 is 0. The van der Waals surface area contributed by atoms with Crippen LogP contribution in [0.3, 0.4) is 0 Å². The third-order valence-corrected chi connectivity index (χ3v) is 8.07. The molecule has 0 spiro atoms. The van der Waals surface area contributed by atoms with E-state index < -0.39 is 0 Å². The topological polar surface area (TPSA) is 44.4 Å². The van der Waals surface area contributed by atoms with Crippen LogP contribution in [-0.4, -0.2) is 18.9 Å². The van der Waals surface area contributed by atoms with Crippen molar-refractivity contribution in [2.45, 2.75) is 0 Å². The zero-order valence-electron chi connectivity index (χ0n) is 23.2. The first-order chi connectivity index (χ1) is 21.3. The van der Waals surface area contributed by atoms with E-state index >= 15 is 0 Å². The predicted molar refractivity (Wildman–Crippen MR) is 172 cm³/mol. The molecule has 4 heterocycles. The number of hydrogen-bond acceptors (Lipinski definition) is 3. The Labute approximate surface area is 267 Å². The molecule has 6 heteroatoms. The van der Waals surface area contributed by atoms with E-state index in [0.29, 0.717) is 11.5 Å². The second-order valence-electron chi connectivity index (χ2n) is 10.5. The van der Waals surface area contributed by atoms with Gasteiger partial charge >= 0.3 is 21.1 Å². The maximum Gasteiger partial charge on any atom is 2.00 e. The van der Waals surface area contributed by atoms with Gasteiger partial charge in [0.05, 0.1) is 16.7 Å². The van der Waals surface area contributed by atoms with Crippen LogP contribution in [0.4, 0.5) is 0 Å². The van der Waals surface area contributed by atoms with Gasteiger partial charge in [-0.05, 0) is 41.4 Å². The van der Waals surface area contributed by atoms with Gasteiger partial charge in [-0.2, -0.15) is 0 Å². The number of benzene rings is 5. The first kappa shape index (κ1) is 26.4. The number of hydrogen-bond donors (Lipinski definition) is 0. The van der Waals surface area contributed by atoms with Crippen molar-refractivity contribution >= 4 is 49.1 Å². The number of nitrogens with zero attached hydrogens (tertiary/aromatic N) is 4. The molecule has 0 saturated heterocycles. The van der Waals surface area contributed by atoms with Crippen molar-refractivity contribution < 1.29 is 25.8 Å². The smallest absolute Gasteiger partial charge is 0.497 e. The van der Waals surface area contributed by atoms with Crippen molar-refractivity contribution in [3.05, 3.63) is 146 Å². The molecule has 0 N–H and O–H groups in total. The van der Waals surface area contributed by atoms with Crippen LogP contribution in [-0.2, 0) is 21.1 Å². The minimum atomic E-state index is 0. The average molecular weight is 746 g/mol. The van der Waals surface area contributed by atoms with E-state index in [2.05, 4.69) is 98.9 Å². The van der Waals surface area contributed by atoms with Gasteiger partial charge in [-0.3, -0.25) is 4.98 Å². The largest absolute Gasteiger partial charge is 2.00 e. The van der Waals surface area contributed by atoms with Gasteiger partial charge in [0.1, 0.15) is 0 Å². The summed E-state index contributed by atoms with van der Waals surface area (Å²) in [6.07, 6.45) is 5.67. The number of pyridine rings is 2. The number of para-hydroxylation sites is 2. The molecule has 0 radical (unpaired) electrons. The Hall–Kier alpha value is -5.25. The molecule has 4 aromatic heterocycles. The fourth-order valence-electron chi connectivity index (χ4n) is 6.27. The van der Waals surface area contributed by atoms with Crippen LogP contribution in [0.15, 0.2) is 134 Å². The van der Waals surface area contributed by atoms with E-state index in [9.17, 15) is 0 Å². The second-order valence-corrected chi connectivity index (χ2v) is 10.5. The van der Waals surface area contributed by atoms with Crippen molar-refractivity contribution in [1.29, 1.82) is 0 Å². The molecular formula is C38H22N4OPt. The molecule has 5 aromatic carbocycles. The standard InChI is InChI=1S/C38H22N4O.Pt/c1-2-10-26(11-3-1)42-34-15-5-4-13-31(34)36-35(42)19-18-30-29-17-16-28(24-32(29)38-40-21-22-41(38)37(30)36)43-27-12-8-9-25(23-27)33-14-6-7-20-39-33;/h1-22H;/q-2;+2. The maximum atomic E-state index is 6.29. The summed E-state index contributed by atoms with van der Waals surface area (Å²) in [5, 5.41) is 5.51. The third-order valence-electron chi connectivity index (χ3n) is 8.07. The molecule has 9 rings (SSSR count). The van der Waals surface area contributed by atoms with Gasteiger partial charge in [0.2, 0.25) is 0 Å². The summed E-state index contributed by atoms with van der Waals surface area (Å²) < 4.78 is 10.8. The van der Waals surface area contributed by atoms with Gasteiger partial charge in [0, 0.05) is 52.1 Å². The molecular weight excluding hydrogens is 724 g/mol. The van der Waals surface area contributed by atoms with Crippen molar-refractivity contribution in [2.75, 3.05) is 0 Å². The Morgan fingerprint density at radius 3 is 2.30 bits per heavy atom. The number of ether oxygens (including phenoxy) is 1. The van der Waals surface area contributed by atoms with Gasteiger partial charge in [0.15, 0.2) is 0 Å². The summed E-state index contributed by atoms with van der Waals surface area (Å²) in [4.78, 5) is 9.25. The molecule has 44 heavy (non-hydrogen) atoms. The van der Waals surface area contributed by atoms with E-state index in [0.717, 1.165) is 49.8 Å². The molecule has 0 unspecified atom stereocenters. The molecule has 9 aromatic rings. The average Bonchev–Trinajstić information content (AvgIpc) is 3.69. The molecule has 0 aliphatic carbocycles. The number of aromatic nitrogens is 4. The van der Waals surface area contributed by atoms with E-state index in [-0.39, 0.29) is 21.1 Å². The quantitative estimate of drug-likeness (QED) is 0.133. The van der Waals surface area contributed by atoms with E-state index in [1.165, 1.54) is 16.3 Å². The normalized spacial score (nSPS) is 11.5. The van der Waals surface area contributed by atoms with Crippen molar-refractivity contribution in [1.82, 2.24) is 18.9 Å². The summed E-state index contributed by atoms with van der Waals surface area (Å²) in [5.74, 6) is 1.21. The summed E-state index contributed by atoms with van der Waals surface area (Å²) in [5.41, 5.74) is 7.14. The monoisotopic (exact) mass is 745 g/mol.